The summed E-state index contributed by atoms with van der Waals surface area (Å²) in [4.78, 5) is 0. The van der Waals surface area contributed by atoms with Gasteiger partial charge in [-0.25, -0.2) is 4.39 Å². The Labute approximate surface area is 130 Å². The molecule has 1 aromatic carbocycles. The van der Waals surface area contributed by atoms with Crippen LogP contribution in [0.2, 0.25) is 0 Å². The maximum Gasteiger partial charge on any atom is 0.142 e. The highest BCUT2D eigenvalue weighted by atomic mass is 79.9. The number of halogens is 2. The highest BCUT2D eigenvalue weighted by Crippen LogP contribution is 2.39. The largest absolute Gasteiger partial charge is 0.310 e. The zero-order valence-electron chi connectivity index (χ0n) is 12.5. The van der Waals surface area contributed by atoms with E-state index in [-0.39, 0.29) is 11.9 Å². The van der Waals surface area contributed by atoms with Crippen molar-refractivity contribution in [1.29, 1.82) is 0 Å². The van der Waals surface area contributed by atoms with Crippen LogP contribution in [0.4, 0.5) is 4.39 Å². The van der Waals surface area contributed by atoms with E-state index in [1.54, 1.807) is 6.07 Å². The van der Waals surface area contributed by atoms with E-state index in [9.17, 15) is 4.39 Å². The average Bonchev–Trinajstić information content (AvgIpc) is 2.48. The van der Waals surface area contributed by atoms with Crippen molar-refractivity contribution < 1.29 is 4.39 Å². The Morgan fingerprint density at radius 2 is 2.15 bits per heavy atom. The third-order valence-electron chi connectivity index (χ3n) is 4.61. The minimum Gasteiger partial charge on any atom is -0.310 e. The van der Waals surface area contributed by atoms with Crippen LogP contribution < -0.4 is 5.32 Å². The molecule has 1 N–H and O–H groups in total. The Bertz CT molecular complexity index is 435. The SMILES string of the molecule is CCNC(c1cccc(Br)c1F)C1CCCC(CC)C1. The molecule has 1 aromatic rings. The van der Waals surface area contributed by atoms with Gasteiger partial charge in [0.2, 0.25) is 0 Å². The molecular formula is C17H25BrFN. The fraction of sp³-hybridized carbons (Fsp3) is 0.647. The second-order valence-electron chi connectivity index (χ2n) is 5.88. The molecule has 0 spiro atoms. The van der Waals surface area contributed by atoms with Gasteiger partial charge in [0.25, 0.3) is 0 Å². The van der Waals surface area contributed by atoms with Gasteiger partial charge in [0.05, 0.1) is 4.47 Å². The van der Waals surface area contributed by atoms with Crippen LogP contribution in [-0.4, -0.2) is 6.54 Å². The monoisotopic (exact) mass is 341 g/mol. The second kappa shape index (κ2) is 7.56. The normalized spacial score (nSPS) is 24.6. The lowest BCUT2D eigenvalue weighted by atomic mass is 9.75. The summed E-state index contributed by atoms with van der Waals surface area (Å²) in [6.07, 6.45) is 6.30. The summed E-state index contributed by atoms with van der Waals surface area (Å²) >= 11 is 3.31. The summed E-state index contributed by atoms with van der Waals surface area (Å²) in [5.74, 6) is 1.26. The van der Waals surface area contributed by atoms with Crippen molar-refractivity contribution in [1.82, 2.24) is 5.32 Å². The van der Waals surface area contributed by atoms with Crippen LogP contribution in [0, 0.1) is 17.7 Å². The molecule has 1 nitrogen and oxygen atoms in total. The fourth-order valence-corrected chi connectivity index (χ4v) is 3.90. The standard InChI is InChI=1S/C17H25BrFN/c1-3-12-7-5-8-13(11-12)17(20-4-2)14-9-6-10-15(18)16(14)19/h6,9-10,12-13,17,20H,3-5,7-8,11H2,1-2H3. The summed E-state index contributed by atoms with van der Waals surface area (Å²) in [6.45, 7) is 5.25. The lowest BCUT2D eigenvalue weighted by molar-refractivity contribution is 0.208. The molecular weight excluding hydrogens is 317 g/mol. The van der Waals surface area contributed by atoms with Gasteiger partial charge in [-0.3, -0.25) is 0 Å². The van der Waals surface area contributed by atoms with Crippen LogP contribution in [0.1, 0.15) is 57.6 Å². The van der Waals surface area contributed by atoms with Crippen molar-refractivity contribution in [3.05, 3.63) is 34.1 Å². The summed E-state index contributed by atoms with van der Waals surface area (Å²) in [6, 6.07) is 5.79. The molecule has 3 unspecified atom stereocenters. The molecule has 3 heteroatoms. The number of rotatable bonds is 5. The second-order valence-corrected chi connectivity index (χ2v) is 6.73. The first-order valence-electron chi connectivity index (χ1n) is 7.84. The molecule has 0 heterocycles. The van der Waals surface area contributed by atoms with Crippen LogP contribution in [-0.2, 0) is 0 Å². The minimum absolute atomic E-state index is 0.0999. The number of benzene rings is 1. The van der Waals surface area contributed by atoms with Crippen LogP contribution in [0.3, 0.4) is 0 Å². The average molecular weight is 342 g/mol. The van der Waals surface area contributed by atoms with Crippen LogP contribution in [0.15, 0.2) is 22.7 Å². The van der Waals surface area contributed by atoms with Crippen molar-refractivity contribution in [3.63, 3.8) is 0 Å². The molecule has 0 amide bonds. The lowest BCUT2D eigenvalue weighted by Crippen LogP contribution is -2.32. The van der Waals surface area contributed by atoms with E-state index >= 15 is 0 Å². The molecule has 112 valence electrons. The van der Waals surface area contributed by atoms with Gasteiger partial charge in [-0.05, 0) is 53.2 Å². The van der Waals surface area contributed by atoms with Gasteiger partial charge >= 0.3 is 0 Å². The van der Waals surface area contributed by atoms with E-state index in [1.165, 1.54) is 32.1 Å². The molecule has 3 atom stereocenters. The first kappa shape index (κ1) is 16.0. The number of hydrogen-bond acceptors (Lipinski definition) is 1. The Morgan fingerprint density at radius 3 is 2.85 bits per heavy atom. The van der Waals surface area contributed by atoms with Crippen molar-refractivity contribution in [3.8, 4) is 0 Å². The summed E-state index contributed by atoms with van der Waals surface area (Å²) in [5.41, 5.74) is 0.822. The van der Waals surface area contributed by atoms with Gasteiger partial charge in [-0.1, -0.05) is 45.2 Å². The van der Waals surface area contributed by atoms with Gasteiger partial charge < -0.3 is 5.32 Å². The quantitative estimate of drug-likeness (QED) is 0.750. The molecule has 1 fully saturated rings. The molecule has 0 saturated heterocycles. The van der Waals surface area contributed by atoms with E-state index < -0.39 is 0 Å². The van der Waals surface area contributed by atoms with Crippen molar-refractivity contribution in [2.24, 2.45) is 11.8 Å². The van der Waals surface area contributed by atoms with E-state index in [0.717, 1.165) is 18.0 Å². The van der Waals surface area contributed by atoms with Gasteiger partial charge in [-0.15, -0.1) is 0 Å². The predicted molar refractivity (Wildman–Crippen MR) is 86.3 cm³/mol. The number of nitrogens with one attached hydrogen (secondary N) is 1. The molecule has 20 heavy (non-hydrogen) atoms. The summed E-state index contributed by atoms with van der Waals surface area (Å²) in [7, 11) is 0. The Balaban J connectivity index is 2.23. The molecule has 2 rings (SSSR count). The maximum atomic E-state index is 14.4. The topological polar surface area (TPSA) is 12.0 Å². The van der Waals surface area contributed by atoms with Gasteiger partial charge in [0, 0.05) is 11.6 Å². The van der Waals surface area contributed by atoms with E-state index in [2.05, 4.69) is 35.1 Å². The predicted octanol–water partition coefficient (Wildman–Crippen LogP) is 5.46. The zero-order chi connectivity index (χ0) is 14.5. The smallest absolute Gasteiger partial charge is 0.142 e. The fourth-order valence-electron chi connectivity index (χ4n) is 3.52. The van der Waals surface area contributed by atoms with E-state index in [0.29, 0.717) is 10.4 Å². The van der Waals surface area contributed by atoms with Crippen molar-refractivity contribution >= 4 is 15.9 Å². The Morgan fingerprint density at radius 1 is 1.35 bits per heavy atom. The molecule has 0 bridgehead atoms. The summed E-state index contributed by atoms with van der Waals surface area (Å²) < 4.78 is 15.0. The molecule has 0 aliphatic heterocycles. The maximum absolute atomic E-state index is 14.4. The molecule has 0 aromatic heterocycles. The first-order valence-corrected chi connectivity index (χ1v) is 8.63. The third-order valence-corrected chi connectivity index (χ3v) is 5.23. The first-order chi connectivity index (χ1) is 9.67. The lowest BCUT2D eigenvalue weighted by Gasteiger charge is -2.35. The molecule has 1 saturated carbocycles. The molecule has 1 aliphatic carbocycles. The molecule has 1 aliphatic rings. The van der Waals surface area contributed by atoms with E-state index in [1.807, 2.05) is 12.1 Å². The summed E-state index contributed by atoms with van der Waals surface area (Å²) in [5, 5.41) is 3.52. The van der Waals surface area contributed by atoms with Crippen LogP contribution in [0.5, 0.6) is 0 Å². The Hall–Kier alpha value is -0.410. The van der Waals surface area contributed by atoms with Crippen molar-refractivity contribution in [2.45, 2.75) is 52.0 Å². The number of hydrogen-bond donors (Lipinski definition) is 1. The highest BCUT2D eigenvalue weighted by molar-refractivity contribution is 9.10. The van der Waals surface area contributed by atoms with Gasteiger partial charge in [0.1, 0.15) is 5.82 Å². The van der Waals surface area contributed by atoms with Gasteiger partial charge in [0.15, 0.2) is 0 Å². The van der Waals surface area contributed by atoms with Gasteiger partial charge in [-0.2, -0.15) is 0 Å². The zero-order valence-corrected chi connectivity index (χ0v) is 14.0. The van der Waals surface area contributed by atoms with E-state index in [4.69, 9.17) is 0 Å². The third kappa shape index (κ3) is 3.62. The van der Waals surface area contributed by atoms with Crippen LogP contribution in [0.25, 0.3) is 0 Å². The highest BCUT2D eigenvalue weighted by Gasteiger charge is 2.30. The Kier molecular flexibility index (Phi) is 6.03. The minimum atomic E-state index is -0.0999. The van der Waals surface area contributed by atoms with Crippen molar-refractivity contribution in [2.75, 3.05) is 6.54 Å². The molecule has 0 radical (unpaired) electrons. The van der Waals surface area contributed by atoms with Crippen LogP contribution >= 0.6 is 15.9 Å².